The van der Waals surface area contributed by atoms with Gasteiger partial charge in [-0.05, 0) is 6.92 Å². The first-order chi connectivity index (χ1) is 3.63. The van der Waals surface area contributed by atoms with E-state index < -0.39 is 0 Å². The molecular formula is C5H10B2O. The van der Waals surface area contributed by atoms with E-state index in [2.05, 4.69) is 0 Å². The van der Waals surface area contributed by atoms with Crippen molar-refractivity contribution in [3.05, 3.63) is 0 Å². The van der Waals surface area contributed by atoms with E-state index >= 15 is 0 Å². The Morgan fingerprint density at radius 1 is 1.38 bits per heavy atom. The molecule has 0 fully saturated rings. The van der Waals surface area contributed by atoms with Gasteiger partial charge in [0.05, 0.1) is 7.85 Å². The van der Waals surface area contributed by atoms with Gasteiger partial charge in [-0.3, -0.25) is 0 Å². The zero-order valence-electron chi connectivity index (χ0n) is 5.42. The number of ether oxygens (including phenoxy) is 1. The van der Waals surface area contributed by atoms with E-state index in [0.717, 1.165) is 0 Å². The standard InChI is InChI=1S/C5H10B2O/c1-4(6)3-8-5(2)7/h4-5H,3H2,1-2H3. The summed E-state index contributed by atoms with van der Waals surface area (Å²) in [6.45, 7) is 4.20. The molecule has 0 rings (SSSR count). The highest BCUT2D eigenvalue weighted by Gasteiger charge is 1.94. The Morgan fingerprint density at radius 3 is 2.00 bits per heavy atom. The molecule has 8 heavy (non-hydrogen) atoms. The molecule has 0 saturated carbocycles. The van der Waals surface area contributed by atoms with Crippen LogP contribution in [0.5, 0.6) is 0 Å². The Hall–Kier alpha value is 0.0899. The van der Waals surface area contributed by atoms with Crippen molar-refractivity contribution in [2.24, 2.45) is 0 Å². The molecule has 0 aliphatic carbocycles. The highest BCUT2D eigenvalue weighted by Crippen LogP contribution is 1.96. The van der Waals surface area contributed by atoms with E-state index in [1.54, 1.807) is 6.92 Å². The SMILES string of the molecule is [B]C(C)COC([B])C. The molecule has 0 N–H and O–H groups in total. The summed E-state index contributed by atoms with van der Waals surface area (Å²) < 4.78 is 4.96. The molecule has 0 amide bonds. The number of hydrogen-bond donors (Lipinski definition) is 0. The first-order valence-electron chi connectivity index (χ1n) is 2.75. The van der Waals surface area contributed by atoms with Gasteiger partial charge < -0.3 is 4.74 Å². The van der Waals surface area contributed by atoms with Gasteiger partial charge in [-0.15, -0.1) is 0 Å². The minimum Gasteiger partial charge on any atom is -0.389 e. The molecule has 0 aliphatic heterocycles. The van der Waals surface area contributed by atoms with Gasteiger partial charge >= 0.3 is 0 Å². The first kappa shape index (κ1) is 8.09. The lowest BCUT2D eigenvalue weighted by atomic mass is 9.90. The van der Waals surface area contributed by atoms with E-state index in [-0.39, 0.29) is 11.8 Å². The second-order valence-electron chi connectivity index (χ2n) is 2.02. The third kappa shape index (κ3) is 6.09. The molecular weight excluding hydrogens is 97.7 g/mol. The van der Waals surface area contributed by atoms with Crippen LogP contribution in [0, 0.1) is 0 Å². The molecule has 0 aromatic rings. The molecule has 2 atom stereocenters. The minimum absolute atomic E-state index is 0.0843. The van der Waals surface area contributed by atoms with Gasteiger partial charge in [0.15, 0.2) is 0 Å². The maximum Gasteiger partial charge on any atom is 0.108 e. The fourth-order valence-electron chi connectivity index (χ4n) is 0.304. The van der Waals surface area contributed by atoms with Crippen LogP contribution < -0.4 is 0 Å². The summed E-state index contributed by atoms with van der Waals surface area (Å²) >= 11 is 0. The van der Waals surface area contributed by atoms with E-state index in [4.69, 9.17) is 20.4 Å². The van der Waals surface area contributed by atoms with Crippen molar-refractivity contribution in [1.29, 1.82) is 0 Å². The summed E-state index contributed by atoms with van der Waals surface area (Å²) in [4.78, 5) is 0. The zero-order chi connectivity index (χ0) is 6.57. The average Bonchev–Trinajstić information content (AvgIpc) is 1.61. The third-order valence-corrected chi connectivity index (χ3v) is 0.622. The summed E-state index contributed by atoms with van der Waals surface area (Å²) in [5, 5.41) is 0. The molecule has 0 bridgehead atoms. The van der Waals surface area contributed by atoms with Crippen LogP contribution in [-0.4, -0.2) is 28.3 Å². The van der Waals surface area contributed by atoms with Crippen LogP contribution in [0.3, 0.4) is 0 Å². The van der Waals surface area contributed by atoms with Crippen molar-refractivity contribution in [2.45, 2.75) is 25.7 Å². The molecule has 0 heterocycles. The summed E-state index contributed by atoms with van der Waals surface area (Å²) in [5.74, 6) is 0.0843. The predicted octanol–water partition coefficient (Wildman–Crippen LogP) is 0.494. The van der Waals surface area contributed by atoms with Gasteiger partial charge in [0.1, 0.15) is 7.85 Å². The highest BCUT2D eigenvalue weighted by molar-refractivity contribution is 6.11. The maximum atomic E-state index is 5.36. The van der Waals surface area contributed by atoms with Crippen molar-refractivity contribution in [3.63, 3.8) is 0 Å². The number of rotatable bonds is 3. The van der Waals surface area contributed by atoms with Crippen molar-refractivity contribution >= 4 is 15.7 Å². The fraction of sp³-hybridized carbons (Fsp3) is 1.00. The van der Waals surface area contributed by atoms with Crippen molar-refractivity contribution in [3.8, 4) is 0 Å². The molecule has 0 aliphatic rings. The predicted molar refractivity (Wildman–Crippen MR) is 36.3 cm³/mol. The second-order valence-corrected chi connectivity index (χ2v) is 2.02. The molecule has 1 nitrogen and oxygen atoms in total. The molecule has 0 aromatic carbocycles. The van der Waals surface area contributed by atoms with Crippen LogP contribution in [0.1, 0.15) is 13.8 Å². The normalized spacial score (nSPS) is 17.8. The van der Waals surface area contributed by atoms with Gasteiger partial charge in [-0.2, -0.15) is 0 Å². The van der Waals surface area contributed by atoms with Gasteiger partial charge in [-0.25, -0.2) is 0 Å². The third-order valence-electron chi connectivity index (χ3n) is 0.622. The lowest BCUT2D eigenvalue weighted by Crippen LogP contribution is -2.10. The molecule has 3 heteroatoms. The summed E-state index contributed by atoms with van der Waals surface area (Å²) in [6.07, 6.45) is 0. The second kappa shape index (κ2) is 4.02. The van der Waals surface area contributed by atoms with Crippen molar-refractivity contribution in [1.82, 2.24) is 0 Å². The topological polar surface area (TPSA) is 9.23 Å². The van der Waals surface area contributed by atoms with Crippen molar-refractivity contribution < 1.29 is 4.74 Å². The van der Waals surface area contributed by atoms with Crippen LogP contribution in [-0.2, 0) is 4.74 Å². The smallest absolute Gasteiger partial charge is 0.108 e. The van der Waals surface area contributed by atoms with Gasteiger partial charge in [0, 0.05) is 12.6 Å². The lowest BCUT2D eigenvalue weighted by molar-refractivity contribution is 0.120. The minimum atomic E-state index is -0.194. The number of hydrogen-bond acceptors (Lipinski definition) is 1. The van der Waals surface area contributed by atoms with Gasteiger partial charge in [0.2, 0.25) is 0 Å². The molecule has 0 saturated heterocycles. The van der Waals surface area contributed by atoms with Gasteiger partial charge in [-0.1, -0.05) is 12.7 Å². The summed E-state index contributed by atoms with van der Waals surface area (Å²) in [5.41, 5.74) is 0. The fourth-order valence-corrected chi connectivity index (χ4v) is 0.304. The first-order valence-corrected chi connectivity index (χ1v) is 2.75. The van der Waals surface area contributed by atoms with Crippen LogP contribution >= 0.6 is 0 Å². The summed E-state index contributed by atoms with van der Waals surface area (Å²) in [7, 11) is 10.6. The van der Waals surface area contributed by atoms with Gasteiger partial charge in [0.25, 0.3) is 0 Å². The molecule has 0 spiro atoms. The Balaban J connectivity index is 2.93. The Labute approximate surface area is 53.6 Å². The molecule has 2 unspecified atom stereocenters. The van der Waals surface area contributed by atoms with E-state index in [1.807, 2.05) is 6.92 Å². The van der Waals surface area contributed by atoms with E-state index in [0.29, 0.717) is 6.61 Å². The van der Waals surface area contributed by atoms with Crippen molar-refractivity contribution in [2.75, 3.05) is 6.61 Å². The van der Waals surface area contributed by atoms with E-state index in [9.17, 15) is 0 Å². The molecule has 42 valence electrons. The van der Waals surface area contributed by atoms with Crippen LogP contribution in [0.4, 0.5) is 0 Å². The van der Waals surface area contributed by atoms with E-state index in [1.165, 1.54) is 0 Å². The van der Waals surface area contributed by atoms with Crippen LogP contribution in [0.2, 0.25) is 5.82 Å². The van der Waals surface area contributed by atoms with Crippen LogP contribution in [0.15, 0.2) is 0 Å². The molecule has 4 radical (unpaired) electrons. The largest absolute Gasteiger partial charge is 0.389 e. The quantitative estimate of drug-likeness (QED) is 0.478. The Kier molecular flexibility index (Phi) is 4.06. The Morgan fingerprint density at radius 2 is 1.88 bits per heavy atom. The highest BCUT2D eigenvalue weighted by atomic mass is 16.5. The molecule has 0 aromatic heterocycles. The summed E-state index contributed by atoms with van der Waals surface area (Å²) in [6, 6.07) is -0.194. The zero-order valence-corrected chi connectivity index (χ0v) is 5.42. The lowest BCUT2D eigenvalue weighted by Gasteiger charge is -2.09. The Bertz CT molecular complexity index is 46.4. The monoisotopic (exact) mass is 108 g/mol. The average molecular weight is 108 g/mol. The maximum absolute atomic E-state index is 5.36. The van der Waals surface area contributed by atoms with Crippen LogP contribution in [0.25, 0.3) is 0 Å².